The summed E-state index contributed by atoms with van der Waals surface area (Å²) in [4.78, 5) is 26.0. The maximum absolute atomic E-state index is 13.0. The summed E-state index contributed by atoms with van der Waals surface area (Å²) in [7, 11) is 0. The molecule has 1 aliphatic heterocycles. The van der Waals surface area contributed by atoms with Gasteiger partial charge in [0.05, 0.1) is 19.3 Å². The van der Waals surface area contributed by atoms with Crippen molar-refractivity contribution in [1.82, 2.24) is 4.90 Å². The zero-order chi connectivity index (χ0) is 18.5. The van der Waals surface area contributed by atoms with E-state index in [-0.39, 0.29) is 17.8 Å². The van der Waals surface area contributed by atoms with Crippen molar-refractivity contribution in [2.45, 2.75) is 31.9 Å². The Hall–Kier alpha value is -2.25. The molecule has 0 spiro atoms. The third-order valence-corrected chi connectivity index (χ3v) is 5.48. The summed E-state index contributed by atoms with van der Waals surface area (Å²) in [5.74, 6) is -1.09. The lowest BCUT2D eigenvalue weighted by molar-refractivity contribution is -0.129. The minimum Gasteiger partial charge on any atom is -0.477 e. The van der Waals surface area contributed by atoms with Crippen molar-refractivity contribution < 1.29 is 23.8 Å². The van der Waals surface area contributed by atoms with Crippen LogP contribution in [-0.2, 0) is 22.6 Å². The van der Waals surface area contributed by atoms with Crippen LogP contribution in [0.5, 0.6) is 0 Å². The van der Waals surface area contributed by atoms with Gasteiger partial charge in [0.1, 0.15) is 10.7 Å². The molecule has 2 heterocycles. The molecule has 1 fully saturated rings. The first-order chi connectivity index (χ1) is 12.5. The van der Waals surface area contributed by atoms with Crippen molar-refractivity contribution in [1.29, 1.82) is 0 Å². The molecular weight excluding hydrogens is 357 g/mol. The van der Waals surface area contributed by atoms with E-state index in [2.05, 4.69) is 0 Å². The highest BCUT2D eigenvalue weighted by Gasteiger charge is 2.30. The fourth-order valence-corrected chi connectivity index (χ4v) is 3.82. The lowest BCUT2D eigenvalue weighted by Gasteiger charge is -2.24. The molecule has 1 atom stereocenters. The van der Waals surface area contributed by atoms with Gasteiger partial charge >= 0.3 is 5.97 Å². The number of amides is 1. The summed E-state index contributed by atoms with van der Waals surface area (Å²) in [6.45, 7) is 1.35. The summed E-state index contributed by atoms with van der Waals surface area (Å²) in [5, 5.41) is 8.93. The number of carboxylic acids is 1. The second-order valence-corrected chi connectivity index (χ2v) is 7.41. The number of hydrogen-bond donors (Lipinski definition) is 1. The predicted molar refractivity (Wildman–Crippen MR) is 95.8 cm³/mol. The largest absolute Gasteiger partial charge is 0.477 e. The van der Waals surface area contributed by atoms with E-state index in [9.17, 15) is 14.0 Å². The second kappa shape index (κ2) is 8.42. The lowest BCUT2D eigenvalue weighted by atomic mass is 10.1. The number of thiophene rings is 1. The quantitative estimate of drug-likeness (QED) is 0.766. The molecule has 1 aromatic carbocycles. The number of hydrogen-bond acceptors (Lipinski definition) is 4. The number of likely N-dealkylation sites (tertiary alicyclic amines) is 1. The van der Waals surface area contributed by atoms with Gasteiger partial charge in [-0.05, 0) is 42.7 Å². The molecule has 5 nitrogen and oxygen atoms in total. The van der Waals surface area contributed by atoms with E-state index in [1.165, 1.54) is 23.5 Å². The van der Waals surface area contributed by atoms with E-state index in [0.29, 0.717) is 37.5 Å². The Morgan fingerprint density at radius 1 is 1.27 bits per heavy atom. The lowest BCUT2D eigenvalue weighted by Crippen LogP contribution is -2.37. The zero-order valence-corrected chi connectivity index (χ0v) is 15.0. The molecule has 3 rings (SSSR count). The Labute approximate surface area is 155 Å². The third kappa shape index (κ3) is 4.68. The SMILES string of the molecule is O=C(O)c1ccc(COC[C@H]2CCC(=O)N2CCc2ccc(F)cc2)s1. The third-order valence-electron chi connectivity index (χ3n) is 4.43. The van der Waals surface area contributed by atoms with Gasteiger partial charge in [0.15, 0.2) is 0 Å². The van der Waals surface area contributed by atoms with Gasteiger partial charge in [-0.25, -0.2) is 9.18 Å². The van der Waals surface area contributed by atoms with Crippen LogP contribution in [0.4, 0.5) is 4.39 Å². The second-order valence-electron chi connectivity index (χ2n) is 6.24. The first-order valence-electron chi connectivity index (χ1n) is 8.46. The van der Waals surface area contributed by atoms with Crippen LogP contribution in [0.3, 0.4) is 0 Å². The van der Waals surface area contributed by atoms with E-state index in [4.69, 9.17) is 9.84 Å². The minimum absolute atomic E-state index is 0.0295. The normalized spacial score (nSPS) is 17.0. The summed E-state index contributed by atoms with van der Waals surface area (Å²) in [6.07, 6.45) is 1.95. The molecule has 138 valence electrons. The molecule has 0 aliphatic carbocycles. The fraction of sp³-hybridized carbons (Fsp3) is 0.368. The van der Waals surface area contributed by atoms with Gasteiger partial charge < -0.3 is 14.7 Å². The van der Waals surface area contributed by atoms with Gasteiger partial charge in [-0.2, -0.15) is 0 Å². The van der Waals surface area contributed by atoms with Crippen LogP contribution < -0.4 is 0 Å². The number of aromatic carboxylic acids is 1. The molecule has 0 unspecified atom stereocenters. The number of nitrogens with zero attached hydrogens (tertiary/aromatic N) is 1. The van der Waals surface area contributed by atoms with Crippen molar-refractivity contribution in [3.63, 3.8) is 0 Å². The smallest absolute Gasteiger partial charge is 0.345 e. The number of rotatable bonds is 8. The highest BCUT2D eigenvalue weighted by atomic mass is 32.1. The van der Waals surface area contributed by atoms with Crippen LogP contribution in [0.25, 0.3) is 0 Å². The fourth-order valence-electron chi connectivity index (χ4n) is 3.04. The Kier molecular flexibility index (Phi) is 6.00. The van der Waals surface area contributed by atoms with Gasteiger partial charge in [-0.15, -0.1) is 11.3 Å². The molecule has 0 bridgehead atoms. The van der Waals surface area contributed by atoms with Crippen molar-refractivity contribution in [3.8, 4) is 0 Å². The van der Waals surface area contributed by atoms with Gasteiger partial charge in [-0.3, -0.25) is 4.79 Å². The molecule has 7 heteroatoms. The zero-order valence-electron chi connectivity index (χ0n) is 14.2. The molecule has 1 saturated heterocycles. The maximum Gasteiger partial charge on any atom is 0.345 e. The topological polar surface area (TPSA) is 66.8 Å². The average molecular weight is 377 g/mol. The number of carbonyl (C=O) groups excluding carboxylic acids is 1. The summed E-state index contributed by atoms with van der Waals surface area (Å²) in [5.41, 5.74) is 0.991. The molecule has 1 aromatic heterocycles. The van der Waals surface area contributed by atoms with Gasteiger partial charge in [0.25, 0.3) is 0 Å². The van der Waals surface area contributed by atoms with Crippen LogP contribution in [0.15, 0.2) is 36.4 Å². The Bertz CT molecular complexity index is 774. The van der Waals surface area contributed by atoms with E-state index in [1.807, 2.05) is 4.90 Å². The van der Waals surface area contributed by atoms with E-state index in [1.54, 1.807) is 24.3 Å². The van der Waals surface area contributed by atoms with Gasteiger partial charge in [0.2, 0.25) is 5.91 Å². The molecular formula is C19H20FNO4S. The number of benzene rings is 1. The number of halogens is 1. The molecule has 0 saturated carbocycles. The van der Waals surface area contributed by atoms with Crippen molar-refractivity contribution >= 4 is 23.2 Å². The van der Waals surface area contributed by atoms with Crippen LogP contribution >= 0.6 is 11.3 Å². The number of ether oxygens (including phenoxy) is 1. The van der Waals surface area contributed by atoms with E-state index in [0.717, 1.165) is 16.9 Å². The van der Waals surface area contributed by atoms with Crippen LogP contribution in [0, 0.1) is 5.82 Å². The number of carbonyl (C=O) groups is 2. The standard InChI is InChI=1S/C19H20FNO4S/c20-14-3-1-13(2-4-14)9-10-21-15(5-8-18(21)22)11-25-12-16-6-7-17(26-16)19(23)24/h1-4,6-7,15H,5,8-12H2,(H,23,24)/t15-/m1/s1. The number of carboxylic acid groups (broad SMARTS) is 1. The highest BCUT2D eigenvalue weighted by molar-refractivity contribution is 7.13. The molecule has 1 amide bonds. The Balaban J connectivity index is 1.49. The van der Waals surface area contributed by atoms with Crippen LogP contribution in [-0.4, -0.2) is 41.1 Å². The summed E-state index contributed by atoms with van der Waals surface area (Å²) < 4.78 is 18.7. The summed E-state index contributed by atoms with van der Waals surface area (Å²) >= 11 is 1.20. The van der Waals surface area contributed by atoms with Crippen molar-refractivity contribution in [2.24, 2.45) is 0 Å². The van der Waals surface area contributed by atoms with Crippen LogP contribution in [0.1, 0.15) is 33.0 Å². The maximum atomic E-state index is 13.0. The molecule has 1 aliphatic rings. The van der Waals surface area contributed by atoms with Crippen molar-refractivity contribution in [2.75, 3.05) is 13.2 Å². The van der Waals surface area contributed by atoms with Crippen LogP contribution in [0.2, 0.25) is 0 Å². The molecule has 1 N–H and O–H groups in total. The molecule has 26 heavy (non-hydrogen) atoms. The Morgan fingerprint density at radius 3 is 2.73 bits per heavy atom. The minimum atomic E-state index is -0.936. The first-order valence-corrected chi connectivity index (χ1v) is 9.28. The van der Waals surface area contributed by atoms with E-state index < -0.39 is 5.97 Å². The van der Waals surface area contributed by atoms with Gasteiger partial charge in [0, 0.05) is 17.8 Å². The molecule has 2 aromatic rings. The monoisotopic (exact) mass is 377 g/mol. The predicted octanol–water partition coefficient (Wildman–Crippen LogP) is 3.34. The molecule has 0 radical (unpaired) electrons. The van der Waals surface area contributed by atoms with E-state index >= 15 is 0 Å². The highest BCUT2D eigenvalue weighted by Crippen LogP contribution is 2.22. The Morgan fingerprint density at radius 2 is 2.04 bits per heavy atom. The summed E-state index contributed by atoms with van der Waals surface area (Å²) in [6, 6.07) is 9.67. The average Bonchev–Trinajstić information content (AvgIpc) is 3.22. The van der Waals surface area contributed by atoms with Crippen molar-refractivity contribution in [3.05, 3.63) is 57.5 Å². The van der Waals surface area contributed by atoms with Gasteiger partial charge in [-0.1, -0.05) is 12.1 Å². The first kappa shape index (κ1) is 18.5.